The van der Waals surface area contributed by atoms with E-state index in [0.29, 0.717) is 21.7 Å². The lowest BCUT2D eigenvalue weighted by Gasteiger charge is -2.25. The third-order valence-corrected chi connectivity index (χ3v) is 4.38. The van der Waals surface area contributed by atoms with Crippen LogP contribution in [0.3, 0.4) is 0 Å². The molecule has 1 heterocycles. The largest absolute Gasteiger partial charge is 0.371 e. The number of aryl methyl sites for hydroxylation is 1. The summed E-state index contributed by atoms with van der Waals surface area (Å²) in [4.78, 5) is 8.82. The Balaban J connectivity index is 2.61. The second-order valence-electron chi connectivity index (χ2n) is 5.11. The number of aromatic nitrogens is 2. The second-order valence-corrected chi connectivity index (χ2v) is 5.82. The van der Waals surface area contributed by atoms with Crippen molar-refractivity contribution in [3.8, 4) is 11.1 Å². The minimum atomic E-state index is -0.600. The van der Waals surface area contributed by atoms with Crippen molar-refractivity contribution in [1.29, 1.82) is 0 Å². The number of hydrogen-bond donors (Lipinski definition) is 0. The van der Waals surface area contributed by atoms with E-state index in [-0.39, 0.29) is 0 Å². The first-order chi connectivity index (χ1) is 9.92. The number of halogens is 2. The molecule has 0 aliphatic rings. The Labute approximate surface area is 135 Å². The number of ether oxygens (including phenoxy) is 1. The molecule has 0 spiro atoms. The molecule has 2 rings (SSSR count). The molecule has 0 saturated carbocycles. The van der Waals surface area contributed by atoms with Crippen LogP contribution >= 0.6 is 23.2 Å². The van der Waals surface area contributed by atoms with Gasteiger partial charge < -0.3 is 4.74 Å². The average Bonchev–Trinajstić information content (AvgIpc) is 2.47. The molecule has 0 aliphatic heterocycles. The van der Waals surface area contributed by atoms with Gasteiger partial charge in [-0.25, -0.2) is 9.97 Å². The molecule has 112 valence electrons. The smallest absolute Gasteiger partial charge is 0.163 e. The molecule has 21 heavy (non-hydrogen) atoms. The molecule has 0 fully saturated rings. The maximum Gasteiger partial charge on any atom is 0.163 e. The van der Waals surface area contributed by atoms with Crippen molar-refractivity contribution in [2.24, 2.45) is 0 Å². The number of hydrogen-bond acceptors (Lipinski definition) is 3. The Hall–Kier alpha value is -1.16. The Morgan fingerprint density at radius 1 is 1.14 bits per heavy atom. The fourth-order valence-electron chi connectivity index (χ4n) is 2.11. The molecule has 1 unspecified atom stereocenters. The second kappa shape index (κ2) is 6.30. The highest BCUT2D eigenvalue weighted by Crippen LogP contribution is 2.36. The molecule has 0 saturated heterocycles. The van der Waals surface area contributed by atoms with Gasteiger partial charge in [0, 0.05) is 7.11 Å². The van der Waals surface area contributed by atoms with E-state index >= 15 is 0 Å². The SMILES string of the molecule is CCC(C)(OC)c1nc(Cl)c(-c2ccccc2C)c(Cl)n1. The van der Waals surface area contributed by atoms with E-state index in [9.17, 15) is 0 Å². The number of rotatable bonds is 4. The molecular formula is C16H18Cl2N2O. The minimum Gasteiger partial charge on any atom is -0.371 e. The number of benzene rings is 1. The lowest BCUT2D eigenvalue weighted by Crippen LogP contribution is -2.26. The molecule has 0 N–H and O–H groups in total. The van der Waals surface area contributed by atoms with E-state index < -0.39 is 5.60 Å². The van der Waals surface area contributed by atoms with Gasteiger partial charge in [0.15, 0.2) is 5.82 Å². The zero-order chi connectivity index (χ0) is 15.6. The van der Waals surface area contributed by atoms with Crippen LogP contribution in [0, 0.1) is 6.92 Å². The summed E-state index contributed by atoms with van der Waals surface area (Å²) in [7, 11) is 1.63. The first-order valence-corrected chi connectivity index (χ1v) is 7.53. The predicted molar refractivity (Wildman–Crippen MR) is 86.9 cm³/mol. The summed E-state index contributed by atoms with van der Waals surface area (Å²) in [5, 5.41) is 0.687. The molecule has 0 amide bonds. The third-order valence-electron chi connectivity index (χ3n) is 3.83. The van der Waals surface area contributed by atoms with Crippen LogP contribution in [0.25, 0.3) is 11.1 Å². The molecule has 1 atom stereocenters. The van der Waals surface area contributed by atoms with Crippen LogP contribution in [0.2, 0.25) is 10.3 Å². The predicted octanol–water partition coefficient (Wildman–Crippen LogP) is 5.03. The van der Waals surface area contributed by atoms with Crippen LogP contribution < -0.4 is 0 Å². The van der Waals surface area contributed by atoms with Gasteiger partial charge in [0.1, 0.15) is 15.9 Å². The molecule has 0 bridgehead atoms. The zero-order valence-electron chi connectivity index (χ0n) is 12.6. The zero-order valence-corrected chi connectivity index (χ0v) is 14.1. The lowest BCUT2D eigenvalue weighted by atomic mass is 10.0. The highest BCUT2D eigenvalue weighted by atomic mass is 35.5. The van der Waals surface area contributed by atoms with Crippen molar-refractivity contribution in [3.05, 3.63) is 46.0 Å². The van der Waals surface area contributed by atoms with E-state index in [2.05, 4.69) is 9.97 Å². The Bertz CT molecular complexity index is 631. The van der Waals surface area contributed by atoms with Gasteiger partial charge in [-0.15, -0.1) is 0 Å². The maximum absolute atomic E-state index is 6.37. The van der Waals surface area contributed by atoms with E-state index in [1.807, 2.05) is 45.0 Å². The number of methoxy groups -OCH3 is 1. The van der Waals surface area contributed by atoms with Gasteiger partial charge in [0.2, 0.25) is 0 Å². The normalized spacial score (nSPS) is 14.0. The Kier molecular flexibility index (Phi) is 4.87. The molecule has 0 aliphatic carbocycles. The standard InChI is InChI=1S/C16H18Cl2N2O/c1-5-16(3,21-4)15-19-13(17)12(14(18)20-15)11-9-7-6-8-10(11)2/h6-9H,5H2,1-4H3. The molecule has 0 radical (unpaired) electrons. The van der Waals surface area contributed by atoms with Crippen LogP contribution in [0.1, 0.15) is 31.7 Å². The first kappa shape index (κ1) is 16.2. The molecule has 1 aromatic carbocycles. The van der Waals surface area contributed by atoms with Crippen molar-refractivity contribution < 1.29 is 4.74 Å². The van der Waals surface area contributed by atoms with Crippen molar-refractivity contribution in [2.45, 2.75) is 32.8 Å². The van der Waals surface area contributed by atoms with Crippen molar-refractivity contribution in [3.63, 3.8) is 0 Å². The molecule has 2 aromatic rings. The maximum atomic E-state index is 6.37. The summed E-state index contributed by atoms with van der Waals surface area (Å²) in [5.74, 6) is 0.500. The average molecular weight is 325 g/mol. The van der Waals surface area contributed by atoms with E-state index in [1.54, 1.807) is 7.11 Å². The minimum absolute atomic E-state index is 0.344. The molecule has 3 nitrogen and oxygen atoms in total. The molecule has 1 aromatic heterocycles. The summed E-state index contributed by atoms with van der Waals surface area (Å²) in [6.07, 6.45) is 0.722. The summed E-state index contributed by atoms with van der Waals surface area (Å²) < 4.78 is 5.51. The fourth-order valence-corrected chi connectivity index (χ4v) is 2.70. The van der Waals surface area contributed by atoms with Gasteiger partial charge in [0.25, 0.3) is 0 Å². The Morgan fingerprint density at radius 2 is 1.71 bits per heavy atom. The van der Waals surface area contributed by atoms with E-state index in [4.69, 9.17) is 27.9 Å². The topological polar surface area (TPSA) is 35.0 Å². The highest BCUT2D eigenvalue weighted by Gasteiger charge is 2.29. The van der Waals surface area contributed by atoms with E-state index in [1.165, 1.54) is 0 Å². The highest BCUT2D eigenvalue weighted by molar-refractivity contribution is 6.37. The van der Waals surface area contributed by atoms with Crippen LogP contribution in [0.15, 0.2) is 24.3 Å². The Morgan fingerprint density at radius 3 is 2.19 bits per heavy atom. The van der Waals surface area contributed by atoms with Gasteiger partial charge >= 0.3 is 0 Å². The third kappa shape index (κ3) is 3.05. The summed E-state index contributed by atoms with van der Waals surface area (Å²) in [5.41, 5.74) is 2.07. The van der Waals surface area contributed by atoms with Crippen LogP contribution in [-0.4, -0.2) is 17.1 Å². The van der Waals surface area contributed by atoms with Gasteiger partial charge in [-0.1, -0.05) is 54.4 Å². The van der Waals surface area contributed by atoms with Gasteiger partial charge in [-0.3, -0.25) is 0 Å². The van der Waals surface area contributed by atoms with Crippen molar-refractivity contribution in [2.75, 3.05) is 7.11 Å². The first-order valence-electron chi connectivity index (χ1n) is 6.77. The van der Waals surface area contributed by atoms with Crippen LogP contribution in [0.4, 0.5) is 0 Å². The van der Waals surface area contributed by atoms with Gasteiger partial charge in [-0.2, -0.15) is 0 Å². The molecular weight excluding hydrogens is 307 g/mol. The monoisotopic (exact) mass is 324 g/mol. The molecule has 5 heteroatoms. The van der Waals surface area contributed by atoms with Crippen LogP contribution in [-0.2, 0) is 10.3 Å². The van der Waals surface area contributed by atoms with Crippen molar-refractivity contribution >= 4 is 23.2 Å². The van der Waals surface area contributed by atoms with Crippen LogP contribution in [0.5, 0.6) is 0 Å². The fraction of sp³-hybridized carbons (Fsp3) is 0.375. The van der Waals surface area contributed by atoms with Gasteiger partial charge in [-0.05, 0) is 31.4 Å². The van der Waals surface area contributed by atoms with Gasteiger partial charge in [0.05, 0.1) is 5.56 Å². The summed E-state index contributed by atoms with van der Waals surface area (Å²) in [6, 6.07) is 7.87. The summed E-state index contributed by atoms with van der Waals surface area (Å²) in [6.45, 7) is 5.92. The number of nitrogens with zero attached hydrogens (tertiary/aromatic N) is 2. The lowest BCUT2D eigenvalue weighted by molar-refractivity contribution is -0.00894. The van der Waals surface area contributed by atoms with Crippen molar-refractivity contribution in [1.82, 2.24) is 9.97 Å². The van der Waals surface area contributed by atoms with E-state index in [0.717, 1.165) is 17.5 Å². The summed E-state index contributed by atoms with van der Waals surface area (Å²) >= 11 is 12.7. The quantitative estimate of drug-likeness (QED) is 0.740.